The summed E-state index contributed by atoms with van der Waals surface area (Å²) >= 11 is 6.15. The standard InChI is InChI=1S/C18H15ClN4O/c1-12-15(10-20)18(22-13(2)17(12)19)24-11-16-21-8-9-23(16)14-6-4-3-5-7-14/h3-9H,11H2,1-2H3. The van der Waals surface area contributed by atoms with E-state index in [9.17, 15) is 5.26 Å². The fourth-order valence-corrected chi connectivity index (χ4v) is 2.57. The van der Waals surface area contributed by atoms with Crippen molar-refractivity contribution in [2.24, 2.45) is 0 Å². The fourth-order valence-electron chi connectivity index (χ4n) is 2.43. The zero-order valence-electron chi connectivity index (χ0n) is 13.3. The summed E-state index contributed by atoms with van der Waals surface area (Å²) in [6.07, 6.45) is 3.58. The molecule has 0 saturated heterocycles. The monoisotopic (exact) mass is 338 g/mol. The lowest BCUT2D eigenvalue weighted by molar-refractivity contribution is 0.280. The van der Waals surface area contributed by atoms with E-state index in [4.69, 9.17) is 16.3 Å². The third-order valence-electron chi connectivity index (χ3n) is 3.71. The van der Waals surface area contributed by atoms with E-state index < -0.39 is 0 Å². The number of halogens is 1. The first kappa shape index (κ1) is 16.0. The molecule has 1 aromatic carbocycles. The van der Waals surface area contributed by atoms with E-state index in [2.05, 4.69) is 16.0 Å². The van der Waals surface area contributed by atoms with Crippen molar-refractivity contribution in [1.82, 2.24) is 14.5 Å². The largest absolute Gasteiger partial charge is 0.469 e. The fraction of sp³-hybridized carbons (Fsp3) is 0.167. The predicted octanol–water partition coefficient (Wildman–Crippen LogP) is 3.99. The topological polar surface area (TPSA) is 63.7 Å². The predicted molar refractivity (Wildman–Crippen MR) is 91.3 cm³/mol. The molecule has 6 heteroatoms. The summed E-state index contributed by atoms with van der Waals surface area (Å²) in [6, 6.07) is 12.0. The minimum Gasteiger partial charge on any atom is -0.469 e. The number of rotatable bonds is 4. The van der Waals surface area contributed by atoms with Crippen LogP contribution >= 0.6 is 11.6 Å². The molecule has 0 spiro atoms. The lowest BCUT2D eigenvalue weighted by atomic mass is 10.1. The summed E-state index contributed by atoms with van der Waals surface area (Å²) in [7, 11) is 0. The zero-order chi connectivity index (χ0) is 17.1. The summed E-state index contributed by atoms with van der Waals surface area (Å²) in [6.45, 7) is 3.77. The number of para-hydroxylation sites is 1. The van der Waals surface area contributed by atoms with Gasteiger partial charge < -0.3 is 9.30 Å². The van der Waals surface area contributed by atoms with Gasteiger partial charge in [-0.05, 0) is 31.5 Å². The Hall–Kier alpha value is -2.84. The first-order valence-corrected chi connectivity index (χ1v) is 7.77. The highest BCUT2D eigenvalue weighted by molar-refractivity contribution is 6.32. The molecule has 0 fully saturated rings. The lowest BCUT2D eigenvalue weighted by Gasteiger charge is -2.12. The Balaban J connectivity index is 1.89. The highest BCUT2D eigenvalue weighted by atomic mass is 35.5. The highest BCUT2D eigenvalue weighted by Gasteiger charge is 2.16. The Bertz CT molecular complexity index is 913. The van der Waals surface area contributed by atoms with Crippen molar-refractivity contribution in [3.63, 3.8) is 0 Å². The Morgan fingerprint density at radius 2 is 2.00 bits per heavy atom. The molecule has 3 rings (SSSR count). The number of imidazole rings is 1. The van der Waals surface area contributed by atoms with Crippen molar-refractivity contribution < 1.29 is 4.74 Å². The maximum absolute atomic E-state index is 9.35. The van der Waals surface area contributed by atoms with Crippen LogP contribution in [-0.4, -0.2) is 14.5 Å². The number of benzene rings is 1. The molecule has 0 atom stereocenters. The van der Waals surface area contributed by atoms with E-state index in [1.54, 1.807) is 20.0 Å². The van der Waals surface area contributed by atoms with Gasteiger partial charge in [0.05, 0.1) is 10.7 Å². The average Bonchev–Trinajstić information content (AvgIpc) is 3.07. The van der Waals surface area contributed by atoms with E-state index in [0.29, 0.717) is 21.8 Å². The van der Waals surface area contributed by atoms with Gasteiger partial charge in [-0.15, -0.1) is 0 Å². The molecule has 0 unspecified atom stereocenters. The van der Waals surface area contributed by atoms with E-state index in [1.165, 1.54) is 0 Å². The molecule has 0 aliphatic rings. The molecule has 0 aliphatic carbocycles. The maximum atomic E-state index is 9.35. The van der Waals surface area contributed by atoms with Crippen LogP contribution in [0, 0.1) is 25.2 Å². The molecule has 120 valence electrons. The van der Waals surface area contributed by atoms with Crippen LogP contribution in [0.1, 0.15) is 22.6 Å². The van der Waals surface area contributed by atoms with Crippen molar-refractivity contribution in [2.45, 2.75) is 20.5 Å². The number of nitriles is 1. The first-order chi connectivity index (χ1) is 11.6. The highest BCUT2D eigenvalue weighted by Crippen LogP contribution is 2.28. The van der Waals surface area contributed by atoms with Crippen LogP contribution in [0.3, 0.4) is 0 Å². The molecule has 2 aromatic heterocycles. The molecule has 0 saturated carbocycles. The molecular weight excluding hydrogens is 324 g/mol. The number of aryl methyl sites for hydroxylation is 1. The van der Waals surface area contributed by atoms with Crippen molar-refractivity contribution in [1.29, 1.82) is 5.26 Å². The van der Waals surface area contributed by atoms with Gasteiger partial charge >= 0.3 is 0 Å². The number of hydrogen-bond acceptors (Lipinski definition) is 4. The van der Waals surface area contributed by atoms with Crippen LogP contribution in [0.4, 0.5) is 0 Å². The van der Waals surface area contributed by atoms with Crippen molar-refractivity contribution in [2.75, 3.05) is 0 Å². The van der Waals surface area contributed by atoms with Gasteiger partial charge in [0.1, 0.15) is 18.2 Å². The number of ether oxygens (including phenoxy) is 1. The SMILES string of the molecule is Cc1nc(OCc2nccn2-c2ccccc2)c(C#N)c(C)c1Cl. The van der Waals surface area contributed by atoms with Gasteiger partial charge in [-0.1, -0.05) is 29.8 Å². The third-order valence-corrected chi connectivity index (χ3v) is 4.26. The summed E-state index contributed by atoms with van der Waals surface area (Å²) in [5.41, 5.74) is 2.65. The normalized spacial score (nSPS) is 10.4. The van der Waals surface area contributed by atoms with Gasteiger partial charge in [0.2, 0.25) is 5.88 Å². The van der Waals surface area contributed by atoms with Gasteiger partial charge in [-0.2, -0.15) is 5.26 Å². The van der Waals surface area contributed by atoms with Gasteiger partial charge in [-0.3, -0.25) is 0 Å². The average molecular weight is 339 g/mol. The van der Waals surface area contributed by atoms with Gasteiger partial charge in [0, 0.05) is 18.1 Å². The van der Waals surface area contributed by atoms with E-state index in [-0.39, 0.29) is 12.5 Å². The Morgan fingerprint density at radius 3 is 2.71 bits per heavy atom. The molecule has 0 N–H and O–H groups in total. The molecule has 0 bridgehead atoms. The number of pyridine rings is 1. The van der Waals surface area contributed by atoms with E-state index >= 15 is 0 Å². The van der Waals surface area contributed by atoms with E-state index in [1.807, 2.05) is 41.1 Å². The van der Waals surface area contributed by atoms with Crippen molar-refractivity contribution >= 4 is 11.6 Å². The summed E-state index contributed by atoms with van der Waals surface area (Å²) in [5.74, 6) is 0.997. The first-order valence-electron chi connectivity index (χ1n) is 7.39. The molecule has 5 nitrogen and oxygen atoms in total. The molecule has 0 aliphatic heterocycles. The smallest absolute Gasteiger partial charge is 0.232 e. The van der Waals surface area contributed by atoms with Gasteiger partial charge in [-0.25, -0.2) is 9.97 Å². The van der Waals surface area contributed by atoms with Crippen LogP contribution < -0.4 is 4.74 Å². The van der Waals surface area contributed by atoms with Crippen LogP contribution in [0.5, 0.6) is 5.88 Å². The molecule has 2 heterocycles. The minimum absolute atomic E-state index is 0.198. The summed E-state index contributed by atoms with van der Waals surface area (Å²) in [5, 5.41) is 9.85. The summed E-state index contributed by atoms with van der Waals surface area (Å²) in [4.78, 5) is 8.62. The number of aromatic nitrogens is 3. The molecule has 0 radical (unpaired) electrons. The second-order valence-corrected chi connectivity index (χ2v) is 5.64. The van der Waals surface area contributed by atoms with Crippen LogP contribution in [0.2, 0.25) is 5.02 Å². The number of hydrogen-bond donors (Lipinski definition) is 0. The molecule has 24 heavy (non-hydrogen) atoms. The Labute approximate surface area is 145 Å². The Kier molecular flexibility index (Phi) is 4.50. The zero-order valence-corrected chi connectivity index (χ0v) is 14.1. The molecular formula is C18H15ClN4O. The van der Waals surface area contributed by atoms with Crippen molar-refractivity contribution in [3.8, 4) is 17.6 Å². The van der Waals surface area contributed by atoms with Gasteiger partial charge in [0.15, 0.2) is 5.82 Å². The quantitative estimate of drug-likeness (QED) is 0.721. The maximum Gasteiger partial charge on any atom is 0.232 e. The van der Waals surface area contributed by atoms with Crippen LogP contribution in [0.15, 0.2) is 42.7 Å². The minimum atomic E-state index is 0.198. The van der Waals surface area contributed by atoms with Crippen molar-refractivity contribution in [3.05, 3.63) is 70.4 Å². The van der Waals surface area contributed by atoms with Crippen LogP contribution in [0.25, 0.3) is 5.69 Å². The number of nitrogens with zero attached hydrogens (tertiary/aromatic N) is 4. The second kappa shape index (κ2) is 6.73. The Morgan fingerprint density at radius 1 is 1.25 bits per heavy atom. The third kappa shape index (κ3) is 2.97. The van der Waals surface area contributed by atoms with Gasteiger partial charge in [0.25, 0.3) is 0 Å². The molecule has 0 amide bonds. The second-order valence-electron chi connectivity index (χ2n) is 5.27. The molecule has 3 aromatic rings. The van der Waals surface area contributed by atoms with Crippen LogP contribution in [-0.2, 0) is 6.61 Å². The van der Waals surface area contributed by atoms with E-state index in [0.717, 1.165) is 11.5 Å². The lowest BCUT2D eigenvalue weighted by Crippen LogP contribution is -2.08. The summed E-state index contributed by atoms with van der Waals surface area (Å²) < 4.78 is 7.71.